The number of halogens is 1. The van der Waals surface area contributed by atoms with Crippen molar-refractivity contribution in [3.8, 4) is 5.75 Å². The summed E-state index contributed by atoms with van der Waals surface area (Å²) in [6.45, 7) is 6.94. The number of rotatable bonds is 3. The van der Waals surface area contributed by atoms with Crippen molar-refractivity contribution < 1.29 is 4.74 Å². The first kappa shape index (κ1) is 13.4. The molecule has 2 aromatic carbocycles. The SMILES string of the molecule is Cc1cc(C)c(OCc2ccc(I)cc2)c(C)c1. The van der Waals surface area contributed by atoms with E-state index in [1.807, 2.05) is 0 Å². The van der Waals surface area contributed by atoms with Crippen molar-refractivity contribution in [3.05, 3.63) is 62.2 Å². The molecule has 0 aromatic heterocycles. The average Bonchev–Trinajstić information content (AvgIpc) is 2.30. The Kier molecular flexibility index (Phi) is 4.27. The predicted molar refractivity (Wildman–Crippen MR) is 84.1 cm³/mol. The zero-order valence-electron chi connectivity index (χ0n) is 11.0. The summed E-state index contributed by atoms with van der Waals surface area (Å²) in [6.07, 6.45) is 0. The Balaban J connectivity index is 2.13. The summed E-state index contributed by atoms with van der Waals surface area (Å²) in [6, 6.07) is 12.8. The van der Waals surface area contributed by atoms with E-state index in [0.29, 0.717) is 6.61 Å². The van der Waals surface area contributed by atoms with E-state index in [2.05, 4.69) is 79.8 Å². The van der Waals surface area contributed by atoms with Crippen LogP contribution in [-0.4, -0.2) is 0 Å². The van der Waals surface area contributed by atoms with Crippen LogP contribution in [0.2, 0.25) is 0 Å². The Hall–Kier alpha value is -1.03. The van der Waals surface area contributed by atoms with E-state index in [-0.39, 0.29) is 0 Å². The molecule has 0 atom stereocenters. The van der Waals surface area contributed by atoms with Gasteiger partial charge >= 0.3 is 0 Å². The first-order chi connectivity index (χ1) is 8.56. The minimum Gasteiger partial charge on any atom is -0.488 e. The van der Waals surface area contributed by atoms with E-state index in [4.69, 9.17) is 4.74 Å². The third-order valence-electron chi connectivity index (χ3n) is 2.90. The van der Waals surface area contributed by atoms with Crippen LogP contribution in [0.4, 0.5) is 0 Å². The number of hydrogen-bond donors (Lipinski definition) is 0. The molecular formula is C16H17IO. The summed E-state index contributed by atoms with van der Waals surface area (Å²) in [7, 11) is 0. The summed E-state index contributed by atoms with van der Waals surface area (Å²) >= 11 is 2.31. The van der Waals surface area contributed by atoms with Crippen LogP contribution in [0.15, 0.2) is 36.4 Å². The average molecular weight is 352 g/mol. The van der Waals surface area contributed by atoms with E-state index >= 15 is 0 Å². The molecule has 0 aliphatic rings. The molecule has 2 rings (SSSR count). The van der Waals surface area contributed by atoms with Gasteiger partial charge in [-0.15, -0.1) is 0 Å². The lowest BCUT2D eigenvalue weighted by Gasteiger charge is -2.13. The van der Waals surface area contributed by atoms with Crippen molar-refractivity contribution in [2.24, 2.45) is 0 Å². The zero-order valence-corrected chi connectivity index (χ0v) is 13.1. The highest BCUT2D eigenvalue weighted by Crippen LogP contribution is 2.25. The molecule has 0 spiro atoms. The number of hydrogen-bond acceptors (Lipinski definition) is 1. The second-order valence-corrected chi connectivity index (χ2v) is 5.89. The number of ether oxygens (including phenoxy) is 1. The molecule has 0 aliphatic heterocycles. The van der Waals surface area contributed by atoms with Crippen LogP contribution < -0.4 is 4.74 Å². The van der Waals surface area contributed by atoms with Crippen LogP contribution in [0.1, 0.15) is 22.3 Å². The molecule has 0 unspecified atom stereocenters. The summed E-state index contributed by atoms with van der Waals surface area (Å²) in [5.41, 5.74) is 4.90. The van der Waals surface area contributed by atoms with Crippen LogP contribution in [-0.2, 0) is 6.61 Å². The Morgan fingerprint density at radius 2 is 1.50 bits per heavy atom. The van der Waals surface area contributed by atoms with Gasteiger partial charge in [-0.2, -0.15) is 0 Å². The van der Waals surface area contributed by atoms with Gasteiger partial charge in [0.2, 0.25) is 0 Å². The predicted octanol–water partition coefficient (Wildman–Crippen LogP) is 4.80. The van der Waals surface area contributed by atoms with E-state index < -0.39 is 0 Å². The van der Waals surface area contributed by atoms with E-state index in [1.165, 1.54) is 25.8 Å². The summed E-state index contributed by atoms with van der Waals surface area (Å²) in [5.74, 6) is 1.01. The van der Waals surface area contributed by atoms with Crippen LogP contribution >= 0.6 is 22.6 Å². The summed E-state index contributed by atoms with van der Waals surface area (Å²) in [4.78, 5) is 0. The fourth-order valence-electron chi connectivity index (χ4n) is 2.13. The first-order valence-corrected chi connectivity index (χ1v) is 7.09. The lowest BCUT2D eigenvalue weighted by Crippen LogP contribution is -1.99. The van der Waals surface area contributed by atoms with Gasteiger partial charge in [0.05, 0.1) is 0 Å². The van der Waals surface area contributed by atoms with E-state index in [9.17, 15) is 0 Å². The van der Waals surface area contributed by atoms with Gasteiger partial charge in [0.25, 0.3) is 0 Å². The fourth-order valence-corrected chi connectivity index (χ4v) is 2.49. The Morgan fingerprint density at radius 3 is 2.06 bits per heavy atom. The van der Waals surface area contributed by atoms with E-state index in [1.54, 1.807) is 0 Å². The molecule has 1 nitrogen and oxygen atoms in total. The second kappa shape index (κ2) is 5.74. The highest BCUT2D eigenvalue weighted by atomic mass is 127. The molecule has 0 saturated heterocycles. The molecule has 18 heavy (non-hydrogen) atoms. The fraction of sp³-hybridized carbons (Fsp3) is 0.250. The van der Waals surface area contributed by atoms with Crippen LogP contribution in [0, 0.1) is 24.3 Å². The van der Waals surface area contributed by atoms with Crippen LogP contribution in [0.25, 0.3) is 0 Å². The topological polar surface area (TPSA) is 9.23 Å². The maximum Gasteiger partial charge on any atom is 0.125 e. The summed E-state index contributed by atoms with van der Waals surface area (Å²) in [5, 5.41) is 0. The largest absolute Gasteiger partial charge is 0.488 e. The maximum atomic E-state index is 5.95. The van der Waals surface area contributed by atoms with Crippen molar-refractivity contribution in [2.45, 2.75) is 27.4 Å². The number of benzene rings is 2. The molecule has 0 amide bonds. The third kappa shape index (κ3) is 3.25. The van der Waals surface area contributed by atoms with Gasteiger partial charge in [-0.25, -0.2) is 0 Å². The van der Waals surface area contributed by atoms with Crippen molar-refractivity contribution >= 4 is 22.6 Å². The lowest BCUT2D eigenvalue weighted by atomic mass is 10.1. The molecule has 2 heteroatoms. The molecule has 0 heterocycles. The highest BCUT2D eigenvalue weighted by Gasteiger charge is 2.05. The summed E-state index contributed by atoms with van der Waals surface area (Å²) < 4.78 is 7.20. The normalized spacial score (nSPS) is 10.4. The van der Waals surface area contributed by atoms with E-state index in [0.717, 1.165) is 5.75 Å². The molecule has 94 valence electrons. The molecule has 2 aromatic rings. The highest BCUT2D eigenvalue weighted by molar-refractivity contribution is 14.1. The van der Waals surface area contributed by atoms with Crippen molar-refractivity contribution in [1.82, 2.24) is 0 Å². The van der Waals surface area contributed by atoms with Crippen LogP contribution in [0.3, 0.4) is 0 Å². The van der Waals surface area contributed by atoms with Gasteiger partial charge < -0.3 is 4.74 Å². The number of aryl methyl sites for hydroxylation is 3. The molecule has 0 aliphatic carbocycles. The maximum absolute atomic E-state index is 5.95. The van der Waals surface area contributed by atoms with Crippen LogP contribution in [0.5, 0.6) is 5.75 Å². The molecule has 0 fully saturated rings. The molecular weight excluding hydrogens is 335 g/mol. The Labute approximate surface area is 122 Å². The Morgan fingerprint density at radius 1 is 0.944 bits per heavy atom. The minimum absolute atomic E-state index is 0.627. The van der Waals surface area contributed by atoms with Crippen molar-refractivity contribution in [1.29, 1.82) is 0 Å². The van der Waals surface area contributed by atoms with Gasteiger partial charge in [0, 0.05) is 3.57 Å². The quantitative estimate of drug-likeness (QED) is 0.722. The first-order valence-electron chi connectivity index (χ1n) is 6.01. The molecule has 0 N–H and O–H groups in total. The van der Waals surface area contributed by atoms with Gasteiger partial charge in [0.1, 0.15) is 12.4 Å². The van der Waals surface area contributed by atoms with Gasteiger partial charge in [-0.3, -0.25) is 0 Å². The lowest BCUT2D eigenvalue weighted by molar-refractivity contribution is 0.302. The van der Waals surface area contributed by atoms with Gasteiger partial charge in [0.15, 0.2) is 0 Å². The Bertz CT molecular complexity index is 521. The standard InChI is InChI=1S/C16H17IO/c1-11-8-12(2)16(13(3)9-11)18-10-14-4-6-15(17)7-5-14/h4-9H,10H2,1-3H3. The molecule has 0 bridgehead atoms. The van der Waals surface area contributed by atoms with Crippen molar-refractivity contribution in [2.75, 3.05) is 0 Å². The molecule has 0 saturated carbocycles. The third-order valence-corrected chi connectivity index (χ3v) is 3.62. The zero-order chi connectivity index (χ0) is 13.1. The molecule has 0 radical (unpaired) electrons. The second-order valence-electron chi connectivity index (χ2n) is 4.64. The minimum atomic E-state index is 0.627. The van der Waals surface area contributed by atoms with Gasteiger partial charge in [-0.1, -0.05) is 29.8 Å². The van der Waals surface area contributed by atoms with Gasteiger partial charge in [-0.05, 0) is 72.2 Å². The van der Waals surface area contributed by atoms with Crippen molar-refractivity contribution in [3.63, 3.8) is 0 Å². The smallest absolute Gasteiger partial charge is 0.125 e. The monoisotopic (exact) mass is 352 g/mol.